The van der Waals surface area contributed by atoms with Crippen LogP contribution in [0, 0.1) is 0 Å². The van der Waals surface area contributed by atoms with Gasteiger partial charge in [0.15, 0.2) is 0 Å². The molecule has 0 N–H and O–H groups in total. The first-order chi connectivity index (χ1) is 5.66. The molecule has 0 saturated heterocycles. The van der Waals surface area contributed by atoms with E-state index in [2.05, 4.69) is 19.9 Å². The van der Waals surface area contributed by atoms with E-state index in [1.165, 1.54) is 0 Å². The van der Waals surface area contributed by atoms with Gasteiger partial charge < -0.3 is 0 Å². The zero-order valence-corrected chi connectivity index (χ0v) is 6.57. The fourth-order valence-electron chi connectivity index (χ4n) is 0.752. The molecular formula is C6H7FN2O3. The molecule has 5 nitrogen and oxygen atoms in total. The maximum Gasteiger partial charge on any atom is 0.403 e. The summed E-state index contributed by atoms with van der Waals surface area (Å²) >= 11 is 0. The van der Waals surface area contributed by atoms with E-state index in [4.69, 9.17) is 0 Å². The smallest absolute Gasteiger partial charge is 0.247 e. The van der Waals surface area contributed by atoms with E-state index in [0.717, 1.165) is 0 Å². The van der Waals surface area contributed by atoms with Crippen molar-refractivity contribution >= 4 is 5.97 Å². The van der Waals surface area contributed by atoms with Crippen LogP contribution in [0.4, 0.5) is 4.53 Å². The second kappa shape index (κ2) is 3.29. The van der Waals surface area contributed by atoms with Crippen molar-refractivity contribution in [1.29, 1.82) is 0 Å². The van der Waals surface area contributed by atoms with Crippen LogP contribution >= 0.6 is 0 Å². The number of aromatic nitrogens is 2. The van der Waals surface area contributed by atoms with Crippen molar-refractivity contribution in [1.82, 2.24) is 10.3 Å². The van der Waals surface area contributed by atoms with E-state index in [1.807, 2.05) is 0 Å². The molecule has 0 unspecified atom stereocenters. The van der Waals surface area contributed by atoms with Crippen molar-refractivity contribution in [2.24, 2.45) is 0 Å². The standard InChI is InChI=1S/C6H7FN2O3/c1-3(2)4-5(6(10)11-7)9-12-8-4/h3H,1-2H3. The summed E-state index contributed by atoms with van der Waals surface area (Å²) in [4.78, 5) is 13.6. The SMILES string of the molecule is CC(C)c1nonc1C(=O)OF. The number of nitrogens with zero attached hydrogens (tertiary/aromatic N) is 2. The number of rotatable bonds is 2. The van der Waals surface area contributed by atoms with Gasteiger partial charge in [0.25, 0.3) is 0 Å². The van der Waals surface area contributed by atoms with Gasteiger partial charge in [-0.15, -0.1) is 0 Å². The molecular weight excluding hydrogens is 167 g/mol. The molecule has 1 aromatic rings. The van der Waals surface area contributed by atoms with E-state index < -0.39 is 5.97 Å². The number of carbonyl (C=O) groups is 1. The van der Waals surface area contributed by atoms with Gasteiger partial charge in [-0.2, -0.15) is 0 Å². The number of hydrogen-bond donors (Lipinski definition) is 0. The van der Waals surface area contributed by atoms with E-state index in [9.17, 15) is 9.32 Å². The third kappa shape index (κ3) is 1.41. The van der Waals surface area contributed by atoms with Crippen molar-refractivity contribution < 1.29 is 18.9 Å². The summed E-state index contributed by atoms with van der Waals surface area (Å²) in [5.74, 6) is -1.25. The van der Waals surface area contributed by atoms with Gasteiger partial charge in [0, 0.05) is 10.4 Å². The predicted octanol–water partition coefficient (Wildman–Crippen LogP) is 1.23. The largest absolute Gasteiger partial charge is 0.403 e. The van der Waals surface area contributed by atoms with Crippen molar-refractivity contribution in [3.63, 3.8) is 0 Å². The molecule has 1 heterocycles. The van der Waals surface area contributed by atoms with Gasteiger partial charge in [0.2, 0.25) is 5.69 Å². The van der Waals surface area contributed by atoms with Gasteiger partial charge in [-0.25, -0.2) is 14.4 Å². The van der Waals surface area contributed by atoms with Crippen LogP contribution in [0.2, 0.25) is 0 Å². The molecule has 0 amide bonds. The first-order valence-electron chi connectivity index (χ1n) is 3.32. The van der Waals surface area contributed by atoms with Crippen molar-refractivity contribution in [3.8, 4) is 0 Å². The Kier molecular flexibility index (Phi) is 2.37. The molecule has 0 fully saturated rings. The Morgan fingerprint density at radius 1 is 1.58 bits per heavy atom. The second-order valence-corrected chi connectivity index (χ2v) is 2.52. The van der Waals surface area contributed by atoms with E-state index in [0.29, 0.717) is 0 Å². The highest BCUT2D eigenvalue weighted by atomic mass is 19.3. The Bertz CT molecular complexity index is 284. The molecule has 0 aliphatic rings. The summed E-state index contributed by atoms with van der Waals surface area (Å²) in [6.07, 6.45) is 0. The molecule has 1 aromatic heterocycles. The Labute approximate surface area is 67.4 Å². The molecule has 0 spiro atoms. The number of hydrogen-bond acceptors (Lipinski definition) is 5. The molecule has 0 atom stereocenters. The Morgan fingerprint density at radius 2 is 2.25 bits per heavy atom. The third-order valence-electron chi connectivity index (χ3n) is 1.32. The molecule has 0 saturated carbocycles. The highest BCUT2D eigenvalue weighted by Gasteiger charge is 2.22. The minimum absolute atomic E-state index is 0.0645. The third-order valence-corrected chi connectivity index (χ3v) is 1.32. The highest BCUT2D eigenvalue weighted by molar-refractivity contribution is 5.87. The molecule has 12 heavy (non-hydrogen) atoms. The van der Waals surface area contributed by atoms with Crippen LogP contribution in [-0.2, 0) is 4.94 Å². The lowest BCUT2D eigenvalue weighted by atomic mass is 10.1. The molecule has 66 valence electrons. The molecule has 0 bridgehead atoms. The van der Waals surface area contributed by atoms with Gasteiger partial charge in [-0.05, 0) is 5.16 Å². The normalized spacial score (nSPS) is 10.3. The van der Waals surface area contributed by atoms with Gasteiger partial charge in [-0.3, -0.25) is 0 Å². The summed E-state index contributed by atoms with van der Waals surface area (Å²) < 4.78 is 15.7. The van der Waals surface area contributed by atoms with Crippen molar-refractivity contribution in [2.75, 3.05) is 0 Å². The summed E-state index contributed by atoms with van der Waals surface area (Å²) in [6.45, 7) is 3.54. The summed E-state index contributed by atoms with van der Waals surface area (Å²) in [5, 5.41) is 6.64. The van der Waals surface area contributed by atoms with Crippen molar-refractivity contribution in [3.05, 3.63) is 11.4 Å². The minimum Gasteiger partial charge on any atom is -0.247 e. The fourth-order valence-corrected chi connectivity index (χ4v) is 0.752. The lowest BCUT2D eigenvalue weighted by molar-refractivity contribution is -0.0796. The maximum absolute atomic E-state index is 11.4. The predicted molar refractivity (Wildman–Crippen MR) is 34.9 cm³/mol. The monoisotopic (exact) mass is 174 g/mol. The van der Waals surface area contributed by atoms with Gasteiger partial charge in [-0.1, -0.05) is 19.0 Å². The fraction of sp³-hybridized carbons (Fsp3) is 0.500. The van der Waals surface area contributed by atoms with Gasteiger partial charge in [0.1, 0.15) is 5.69 Å². The zero-order valence-electron chi connectivity index (χ0n) is 6.57. The van der Waals surface area contributed by atoms with Gasteiger partial charge >= 0.3 is 5.97 Å². The average Bonchev–Trinajstić information content (AvgIpc) is 2.50. The van der Waals surface area contributed by atoms with E-state index >= 15 is 0 Å². The lowest BCUT2D eigenvalue weighted by Gasteiger charge is -1.96. The second-order valence-electron chi connectivity index (χ2n) is 2.52. The van der Waals surface area contributed by atoms with Crippen LogP contribution in [0.1, 0.15) is 35.9 Å². The molecule has 1 rings (SSSR count). The average molecular weight is 174 g/mol. The summed E-state index contributed by atoms with van der Waals surface area (Å²) in [5.41, 5.74) is 0.0742. The van der Waals surface area contributed by atoms with Crippen LogP contribution < -0.4 is 0 Å². The Morgan fingerprint density at radius 3 is 2.75 bits per heavy atom. The Balaban J connectivity index is 2.99. The van der Waals surface area contributed by atoms with Crippen molar-refractivity contribution in [2.45, 2.75) is 19.8 Å². The highest BCUT2D eigenvalue weighted by Crippen LogP contribution is 2.15. The zero-order chi connectivity index (χ0) is 9.14. The van der Waals surface area contributed by atoms with E-state index in [1.54, 1.807) is 13.8 Å². The molecule has 0 radical (unpaired) electrons. The quantitative estimate of drug-likeness (QED) is 0.674. The van der Waals surface area contributed by atoms with E-state index in [-0.39, 0.29) is 17.3 Å². The summed E-state index contributed by atoms with van der Waals surface area (Å²) in [6, 6.07) is 0. The molecule has 6 heteroatoms. The summed E-state index contributed by atoms with van der Waals surface area (Å²) in [7, 11) is 0. The molecule has 0 aliphatic carbocycles. The molecule has 0 aromatic carbocycles. The van der Waals surface area contributed by atoms with Crippen LogP contribution in [-0.4, -0.2) is 16.3 Å². The van der Waals surface area contributed by atoms with Crippen LogP contribution in [0.3, 0.4) is 0 Å². The minimum atomic E-state index is -1.18. The number of carbonyl (C=O) groups excluding carboxylic acids is 1. The topological polar surface area (TPSA) is 65.2 Å². The lowest BCUT2D eigenvalue weighted by Crippen LogP contribution is -2.04. The number of halogens is 1. The van der Waals surface area contributed by atoms with Crippen LogP contribution in [0.25, 0.3) is 0 Å². The first-order valence-corrected chi connectivity index (χ1v) is 3.32. The van der Waals surface area contributed by atoms with Gasteiger partial charge in [0.05, 0.1) is 0 Å². The van der Waals surface area contributed by atoms with Crippen LogP contribution in [0.5, 0.6) is 0 Å². The Hall–Kier alpha value is -1.46. The molecule has 0 aliphatic heterocycles. The van der Waals surface area contributed by atoms with Crippen LogP contribution in [0.15, 0.2) is 4.63 Å². The first kappa shape index (κ1) is 8.63. The maximum atomic E-state index is 11.4.